The zero-order valence-electron chi connectivity index (χ0n) is 9.56. The second-order valence-electron chi connectivity index (χ2n) is 4.07. The highest BCUT2D eigenvalue weighted by atomic mass is 79.9. The van der Waals surface area contributed by atoms with Crippen molar-refractivity contribution >= 4 is 15.9 Å². The second kappa shape index (κ2) is 6.27. The predicted molar refractivity (Wildman–Crippen MR) is 53.1 cm³/mol. The molecule has 0 heterocycles. The van der Waals surface area contributed by atoms with Gasteiger partial charge in [-0.1, -0.05) is 15.9 Å². The van der Waals surface area contributed by atoms with Gasteiger partial charge in [-0.25, -0.2) is 4.39 Å². The van der Waals surface area contributed by atoms with Gasteiger partial charge in [-0.2, -0.15) is 39.5 Å². The summed E-state index contributed by atoms with van der Waals surface area (Å²) in [6.45, 7) is 0. The van der Waals surface area contributed by atoms with E-state index in [2.05, 4.69) is 15.9 Å². The fourth-order valence-corrected chi connectivity index (χ4v) is 1.76. The van der Waals surface area contributed by atoms with Crippen molar-refractivity contribution in [2.45, 2.75) is 43.5 Å². The van der Waals surface area contributed by atoms with Gasteiger partial charge >= 0.3 is 18.5 Å². The van der Waals surface area contributed by atoms with E-state index < -0.39 is 43.0 Å². The fourth-order valence-electron chi connectivity index (χ4n) is 1.44. The Balaban J connectivity index is 5.42. The van der Waals surface area contributed by atoms with E-state index in [1.54, 1.807) is 0 Å². The Morgan fingerprint density at radius 3 is 1.40 bits per heavy atom. The van der Waals surface area contributed by atoms with Crippen LogP contribution in [0.4, 0.5) is 43.9 Å². The van der Waals surface area contributed by atoms with Crippen molar-refractivity contribution in [2.75, 3.05) is 5.33 Å². The maximum absolute atomic E-state index is 13.3. The van der Waals surface area contributed by atoms with Gasteiger partial charge in [0.2, 0.25) is 0 Å². The molecule has 0 aromatic rings. The molecule has 0 bridgehead atoms. The third-order valence-corrected chi connectivity index (χ3v) is 3.14. The van der Waals surface area contributed by atoms with E-state index in [1.807, 2.05) is 0 Å². The minimum atomic E-state index is -6.47. The Hall–Kier alpha value is -0.220. The van der Waals surface area contributed by atoms with Crippen LogP contribution >= 0.6 is 15.9 Å². The molecule has 1 unspecified atom stereocenters. The van der Waals surface area contributed by atoms with Gasteiger partial charge in [-0.3, -0.25) is 0 Å². The standard InChI is InChI=1S/C9H9BrF10/c10-3-1-2-5(7(12,13)14)4-6(11,8(15,16)17)9(18,19)20/h5H,1-4H2. The molecule has 1 atom stereocenters. The molecule has 0 saturated heterocycles. The summed E-state index contributed by atoms with van der Waals surface area (Å²) in [4.78, 5) is 0. The van der Waals surface area contributed by atoms with Gasteiger partial charge in [0, 0.05) is 11.8 Å². The molecular weight excluding hydrogens is 378 g/mol. The molecule has 0 aliphatic rings. The van der Waals surface area contributed by atoms with E-state index in [0.717, 1.165) is 0 Å². The quantitative estimate of drug-likeness (QED) is 0.428. The van der Waals surface area contributed by atoms with E-state index in [9.17, 15) is 43.9 Å². The summed E-state index contributed by atoms with van der Waals surface area (Å²) in [5, 5.41) is -0.0586. The molecule has 122 valence electrons. The van der Waals surface area contributed by atoms with Gasteiger partial charge in [-0.05, 0) is 12.8 Å². The Kier molecular flexibility index (Phi) is 6.20. The highest BCUT2D eigenvalue weighted by Crippen LogP contribution is 2.52. The molecule has 20 heavy (non-hydrogen) atoms. The minimum Gasteiger partial charge on any atom is -0.224 e. The summed E-state index contributed by atoms with van der Waals surface area (Å²) in [7, 11) is 0. The van der Waals surface area contributed by atoms with Crippen LogP contribution < -0.4 is 0 Å². The Morgan fingerprint density at radius 1 is 0.750 bits per heavy atom. The summed E-state index contributed by atoms with van der Waals surface area (Å²) in [5.74, 6) is -3.03. The first-order valence-corrected chi connectivity index (χ1v) is 6.24. The second-order valence-corrected chi connectivity index (χ2v) is 4.86. The molecule has 0 fully saturated rings. The van der Waals surface area contributed by atoms with E-state index in [-0.39, 0.29) is 11.8 Å². The normalized spacial score (nSPS) is 16.4. The molecule has 0 nitrogen and oxygen atoms in total. The van der Waals surface area contributed by atoms with Crippen LogP contribution in [0.5, 0.6) is 0 Å². The van der Waals surface area contributed by atoms with Gasteiger partial charge in [0.05, 0.1) is 5.92 Å². The molecule has 0 aliphatic carbocycles. The average molecular weight is 387 g/mol. The number of hydrogen-bond donors (Lipinski definition) is 0. The number of alkyl halides is 11. The van der Waals surface area contributed by atoms with E-state index >= 15 is 0 Å². The molecule has 0 aromatic heterocycles. The van der Waals surface area contributed by atoms with Gasteiger partial charge in [0.1, 0.15) is 0 Å². The Bertz CT molecular complexity index is 287. The average Bonchev–Trinajstić information content (AvgIpc) is 2.18. The zero-order valence-corrected chi connectivity index (χ0v) is 11.1. The van der Waals surface area contributed by atoms with Crippen molar-refractivity contribution in [1.82, 2.24) is 0 Å². The highest BCUT2D eigenvalue weighted by Gasteiger charge is 2.73. The third kappa shape index (κ3) is 4.66. The number of rotatable bonds is 5. The van der Waals surface area contributed by atoms with Crippen LogP contribution in [0, 0.1) is 5.92 Å². The third-order valence-electron chi connectivity index (χ3n) is 2.58. The largest absolute Gasteiger partial charge is 0.431 e. The minimum absolute atomic E-state index is 0.0586. The molecule has 0 amide bonds. The number of hydrogen-bond acceptors (Lipinski definition) is 0. The smallest absolute Gasteiger partial charge is 0.224 e. The first kappa shape index (κ1) is 19.8. The SMILES string of the molecule is FC(F)(F)C(CCCBr)CC(F)(C(F)(F)F)C(F)(F)F. The molecule has 0 rings (SSSR count). The van der Waals surface area contributed by atoms with Crippen molar-refractivity contribution in [3.05, 3.63) is 0 Å². The zero-order chi connectivity index (χ0) is 16.4. The van der Waals surface area contributed by atoms with Gasteiger partial charge in [0.15, 0.2) is 0 Å². The van der Waals surface area contributed by atoms with Crippen LogP contribution in [0.15, 0.2) is 0 Å². The molecule has 0 aliphatic heterocycles. The van der Waals surface area contributed by atoms with Gasteiger partial charge < -0.3 is 0 Å². The Morgan fingerprint density at radius 2 is 1.15 bits per heavy atom. The molecular formula is C9H9BrF10. The molecule has 11 heteroatoms. The predicted octanol–water partition coefficient (Wildman–Crippen LogP) is 5.56. The maximum Gasteiger partial charge on any atom is 0.431 e. The monoisotopic (exact) mass is 386 g/mol. The maximum atomic E-state index is 13.3. The van der Waals surface area contributed by atoms with E-state index in [4.69, 9.17) is 0 Å². The molecule has 0 spiro atoms. The van der Waals surface area contributed by atoms with Gasteiger partial charge in [-0.15, -0.1) is 0 Å². The summed E-state index contributed by atoms with van der Waals surface area (Å²) >= 11 is 2.70. The van der Waals surface area contributed by atoms with Crippen LogP contribution in [0.1, 0.15) is 19.3 Å². The summed E-state index contributed by atoms with van der Waals surface area (Å²) in [5.41, 5.74) is -5.88. The topological polar surface area (TPSA) is 0 Å². The van der Waals surface area contributed by atoms with Crippen LogP contribution in [0.3, 0.4) is 0 Å². The molecule has 0 radical (unpaired) electrons. The molecule has 0 aromatic carbocycles. The molecule has 0 N–H and O–H groups in total. The lowest BCUT2D eigenvalue weighted by molar-refractivity contribution is -0.352. The lowest BCUT2D eigenvalue weighted by Gasteiger charge is -2.33. The van der Waals surface area contributed by atoms with Gasteiger partial charge in [0.25, 0.3) is 5.67 Å². The Labute approximate surface area is 115 Å². The lowest BCUT2D eigenvalue weighted by atomic mass is 9.87. The van der Waals surface area contributed by atoms with Crippen LogP contribution in [0.2, 0.25) is 0 Å². The van der Waals surface area contributed by atoms with Crippen LogP contribution in [-0.4, -0.2) is 29.5 Å². The van der Waals surface area contributed by atoms with Crippen molar-refractivity contribution in [2.24, 2.45) is 5.92 Å². The first-order chi connectivity index (χ1) is 8.67. The van der Waals surface area contributed by atoms with Crippen molar-refractivity contribution in [3.8, 4) is 0 Å². The highest BCUT2D eigenvalue weighted by molar-refractivity contribution is 9.09. The molecule has 0 saturated carbocycles. The fraction of sp³-hybridized carbons (Fsp3) is 1.00. The van der Waals surface area contributed by atoms with Crippen molar-refractivity contribution in [3.63, 3.8) is 0 Å². The summed E-state index contributed by atoms with van der Waals surface area (Å²) in [6.07, 6.45) is -22.4. The van der Waals surface area contributed by atoms with E-state index in [1.165, 1.54) is 0 Å². The lowest BCUT2D eigenvalue weighted by Crippen LogP contribution is -2.55. The summed E-state index contributed by atoms with van der Waals surface area (Å²) < 4.78 is 124. The van der Waals surface area contributed by atoms with Crippen molar-refractivity contribution < 1.29 is 43.9 Å². The van der Waals surface area contributed by atoms with Crippen molar-refractivity contribution in [1.29, 1.82) is 0 Å². The van der Waals surface area contributed by atoms with Crippen LogP contribution in [0.25, 0.3) is 0 Å². The van der Waals surface area contributed by atoms with E-state index in [0.29, 0.717) is 0 Å². The summed E-state index contributed by atoms with van der Waals surface area (Å²) in [6, 6.07) is 0. The first-order valence-electron chi connectivity index (χ1n) is 5.12. The van der Waals surface area contributed by atoms with Crippen LogP contribution in [-0.2, 0) is 0 Å². The number of halogens is 11.